The van der Waals surface area contributed by atoms with Crippen molar-refractivity contribution in [2.24, 2.45) is 5.84 Å². The molecule has 100 valence electrons. The summed E-state index contributed by atoms with van der Waals surface area (Å²) in [6.07, 6.45) is 1.80. The number of hydrogen-bond acceptors (Lipinski definition) is 5. The van der Waals surface area contributed by atoms with Crippen LogP contribution in [0.15, 0.2) is 37.2 Å². The number of hydrogen-bond donors (Lipinski definition) is 2. The molecule has 2 aromatic rings. The second-order valence-electron chi connectivity index (χ2n) is 3.73. The van der Waals surface area contributed by atoms with Crippen LogP contribution in [0.25, 0.3) is 0 Å². The molecule has 19 heavy (non-hydrogen) atoms. The molecule has 0 fully saturated rings. The number of nitrogens with one attached hydrogen (secondary N) is 1. The van der Waals surface area contributed by atoms with E-state index in [9.17, 15) is 13.2 Å². The molecule has 0 saturated carbocycles. The zero-order valence-corrected chi connectivity index (χ0v) is 9.59. The normalized spacial score (nSPS) is 13.3. The van der Waals surface area contributed by atoms with Crippen LogP contribution in [0.3, 0.4) is 0 Å². The summed E-state index contributed by atoms with van der Waals surface area (Å²) in [6.45, 7) is 0. The molecule has 2 heterocycles. The zero-order chi connectivity index (χ0) is 13.9. The maximum atomic E-state index is 12.9. The molecule has 0 spiro atoms. The van der Waals surface area contributed by atoms with E-state index in [1.54, 1.807) is 0 Å². The fourth-order valence-corrected chi connectivity index (χ4v) is 1.72. The minimum atomic E-state index is -4.48. The topological polar surface area (TPSA) is 76.7 Å². The lowest BCUT2D eigenvalue weighted by Gasteiger charge is -2.20. The molecular formula is C11H10F3N5. The maximum Gasteiger partial charge on any atom is 0.416 e. The van der Waals surface area contributed by atoms with Gasteiger partial charge in [-0.3, -0.25) is 10.8 Å². The average Bonchev–Trinajstić information content (AvgIpc) is 2.40. The fraction of sp³-hybridized carbons (Fsp3) is 0.182. The van der Waals surface area contributed by atoms with Gasteiger partial charge in [-0.05, 0) is 6.07 Å². The molecule has 0 aliphatic carbocycles. The predicted octanol–water partition coefficient (Wildman–Crippen LogP) is 1.44. The Kier molecular flexibility index (Phi) is 3.72. The number of aromatic nitrogens is 3. The summed E-state index contributed by atoms with van der Waals surface area (Å²) in [6, 6.07) is 0.0234. The van der Waals surface area contributed by atoms with E-state index < -0.39 is 17.8 Å². The molecule has 8 heteroatoms. The molecular weight excluding hydrogens is 259 g/mol. The van der Waals surface area contributed by atoms with Crippen LogP contribution in [-0.2, 0) is 6.18 Å². The van der Waals surface area contributed by atoms with E-state index in [4.69, 9.17) is 5.84 Å². The van der Waals surface area contributed by atoms with Gasteiger partial charge in [0.05, 0.1) is 11.6 Å². The standard InChI is InChI=1S/C11H10F3N5/c12-11(13,14)9-1-2-16-5-8(9)10(19-15)7-3-17-6-18-4-7/h1-6,10,19H,15H2. The Morgan fingerprint density at radius 1 is 1.11 bits per heavy atom. The molecule has 2 rings (SSSR count). The molecule has 0 aromatic carbocycles. The van der Waals surface area contributed by atoms with Gasteiger partial charge >= 0.3 is 6.18 Å². The van der Waals surface area contributed by atoms with Gasteiger partial charge in [-0.25, -0.2) is 15.4 Å². The van der Waals surface area contributed by atoms with Crippen LogP contribution in [0.4, 0.5) is 13.2 Å². The van der Waals surface area contributed by atoms with Crippen molar-refractivity contribution < 1.29 is 13.2 Å². The number of rotatable bonds is 3. The van der Waals surface area contributed by atoms with Gasteiger partial charge in [0.25, 0.3) is 0 Å². The summed E-state index contributed by atoms with van der Waals surface area (Å²) in [4.78, 5) is 11.2. The van der Waals surface area contributed by atoms with Gasteiger partial charge in [-0.2, -0.15) is 13.2 Å². The molecule has 0 bridgehead atoms. The summed E-state index contributed by atoms with van der Waals surface area (Å²) in [5.41, 5.74) is 1.87. The third-order valence-corrected chi connectivity index (χ3v) is 2.55. The van der Waals surface area contributed by atoms with Crippen LogP contribution >= 0.6 is 0 Å². The molecule has 1 atom stereocenters. The van der Waals surface area contributed by atoms with Crippen molar-refractivity contribution in [3.05, 3.63) is 53.9 Å². The Hall–Kier alpha value is -2.06. The Labute approximate surface area is 106 Å². The van der Waals surface area contributed by atoms with Gasteiger partial charge < -0.3 is 0 Å². The van der Waals surface area contributed by atoms with Crippen LogP contribution in [0.1, 0.15) is 22.7 Å². The second kappa shape index (κ2) is 5.29. The third-order valence-electron chi connectivity index (χ3n) is 2.55. The van der Waals surface area contributed by atoms with Crippen molar-refractivity contribution in [3.63, 3.8) is 0 Å². The van der Waals surface area contributed by atoms with Gasteiger partial charge in [0.15, 0.2) is 0 Å². The van der Waals surface area contributed by atoms with E-state index in [0.29, 0.717) is 5.56 Å². The SMILES string of the molecule is NNC(c1cncnc1)c1cnccc1C(F)(F)F. The third kappa shape index (κ3) is 2.85. The van der Waals surface area contributed by atoms with Crippen molar-refractivity contribution in [1.29, 1.82) is 0 Å². The molecule has 0 aliphatic heterocycles. The van der Waals surface area contributed by atoms with E-state index in [1.807, 2.05) is 0 Å². The molecule has 0 amide bonds. The van der Waals surface area contributed by atoms with Crippen molar-refractivity contribution in [2.45, 2.75) is 12.2 Å². The first-order valence-electron chi connectivity index (χ1n) is 5.26. The Morgan fingerprint density at radius 2 is 1.79 bits per heavy atom. The molecule has 2 aromatic heterocycles. The first kappa shape index (κ1) is 13.4. The monoisotopic (exact) mass is 269 g/mol. The molecule has 5 nitrogen and oxygen atoms in total. The average molecular weight is 269 g/mol. The van der Waals surface area contributed by atoms with Gasteiger partial charge in [0, 0.05) is 35.9 Å². The summed E-state index contributed by atoms with van der Waals surface area (Å²) in [5, 5.41) is 0. The highest BCUT2D eigenvalue weighted by Crippen LogP contribution is 2.35. The van der Waals surface area contributed by atoms with Crippen molar-refractivity contribution in [1.82, 2.24) is 20.4 Å². The zero-order valence-electron chi connectivity index (χ0n) is 9.59. The number of halogens is 3. The number of pyridine rings is 1. The quantitative estimate of drug-likeness (QED) is 0.651. The van der Waals surface area contributed by atoms with Crippen LogP contribution in [0, 0.1) is 0 Å². The second-order valence-corrected chi connectivity index (χ2v) is 3.73. The van der Waals surface area contributed by atoms with Crippen LogP contribution < -0.4 is 11.3 Å². The van der Waals surface area contributed by atoms with E-state index in [0.717, 1.165) is 18.5 Å². The van der Waals surface area contributed by atoms with Crippen molar-refractivity contribution >= 4 is 0 Å². The lowest BCUT2D eigenvalue weighted by atomic mass is 9.98. The highest BCUT2D eigenvalue weighted by molar-refractivity contribution is 5.35. The summed E-state index contributed by atoms with van der Waals surface area (Å²) in [5.74, 6) is 5.35. The maximum absolute atomic E-state index is 12.9. The van der Waals surface area contributed by atoms with Crippen LogP contribution in [-0.4, -0.2) is 15.0 Å². The van der Waals surface area contributed by atoms with Gasteiger partial charge in [0.2, 0.25) is 0 Å². The van der Waals surface area contributed by atoms with E-state index in [-0.39, 0.29) is 5.56 Å². The first-order chi connectivity index (χ1) is 9.04. The molecule has 0 radical (unpaired) electrons. The number of nitrogens with zero attached hydrogens (tertiary/aromatic N) is 3. The minimum absolute atomic E-state index is 0.0766. The van der Waals surface area contributed by atoms with Crippen molar-refractivity contribution in [2.75, 3.05) is 0 Å². The molecule has 0 aliphatic rings. The Balaban J connectivity index is 2.51. The van der Waals surface area contributed by atoms with E-state index in [1.165, 1.54) is 18.7 Å². The van der Waals surface area contributed by atoms with E-state index >= 15 is 0 Å². The highest BCUT2D eigenvalue weighted by atomic mass is 19.4. The van der Waals surface area contributed by atoms with Crippen LogP contribution in [0.2, 0.25) is 0 Å². The van der Waals surface area contributed by atoms with Gasteiger partial charge in [-0.15, -0.1) is 0 Å². The number of nitrogens with two attached hydrogens (primary N) is 1. The molecule has 1 unspecified atom stereocenters. The first-order valence-corrected chi connectivity index (χ1v) is 5.26. The summed E-state index contributed by atoms with van der Waals surface area (Å²) >= 11 is 0. The number of hydrazine groups is 1. The summed E-state index contributed by atoms with van der Waals surface area (Å²) < 4.78 is 38.8. The molecule has 3 N–H and O–H groups in total. The summed E-state index contributed by atoms with van der Waals surface area (Å²) in [7, 11) is 0. The fourth-order valence-electron chi connectivity index (χ4n) is 1.72. The molecule has 0 saturated heterocycles. The lowest BCUT2D eigenvalue weighted by molar-refractivity contribution is -0.138. The minimum Gasteiger partial charge on any atom is -0.271 e. The predicted molar refractivity (Wildman–Crippen MR) is 60.4 cm³/mol. The van der Waals surface area contributed by atoms with Crippen molar-refractivity contribution in [3.8, 4) is 0 Å². The lowest BCUT2D eigenvalue weighted by Crippen LogP contribution is -2.31. The Bertz CT molecular complexity index is 544. The van der Waals surface area contributed by atoms with Gasteiger partial charge in [0.1, 0.15) is 6.33 Å². The number of alkyl halides is 3. The largest absolute Gasteiger partial charge is 0.416 e. The van der Waals surface area contributed by atoms with Gasteiger partial charge in [-0.1, -0.05) is 0 Å². The highest BCUT2D eigenvalue weighted by Gasteiger charge is 2.35. The Morgan fingerprint density at radius 3 is 2.37 bits per heavy atom. The van der Waals surface area contributed by atoms with E-state index in [2.05, 4.69) is 20.4 Å². The van der Waals surface area contributed by atoms with Crippen LogP contribution in [0.5, 0.6) is 0 Å². The smallest absolute Gasteiger partial charge is 0.271 e.